The van der Waals surface area contributed by atoms with Gasteiger partial charge in [-0.3, -0.25) is 9.59 Å². The van der Waals surface area contributed by atoms with Gasteiger partial charge in [-0.05, 0) is 27.7 Å². The summed E-state index contributed by atoms with van der Waals surface area (Å²) in [7, 11) is 0. The molecule has 10 heteroatoms. The zero-order chi connectivity index (χ0) is 26.0. The Balaban J connectivity index is 1.67. The lowest BCUT2D eigenvalue weighted by atomic mass is 9.86. The number of hydrogen-bond donors (Lipinski definition) is 3. The minimum absolute atomic E-state index is 0.00644. The highest BCUT2D eigenvalue weighted by Gasteiger charge is 2.46. The summed E-state index contributed by atoms with van der Waals surface area (Å²) in [6.45, 7) is 3.67. The van der Waals surface area contributed by atoms with Gasteiger partial charge in [-0.2, -0.15) is 13.2 Å². The first-order valence-electron chi connectivity index (χ1n) is 11.0. The molecule has 2 amide bonds. The first-order valence-corrected chi connectivity index (χ1v) is 11.0. The lowest BCUT2D eigenvalue weighted by molar-refractivity contribution is -0.192. The lowest BCUT2D eigenvalue weighted by Gasteiger charge is -2.30. The van der Waals surface area contributed by atoms with Crippen molar-refractivity contribution >= 4 is 18.0 Å². The van der Waals surface area contributed by atoms with E-state index in [1.165, 1.54) is 0 Å². The predicted octanol–water partition coefficient (Wildman–Crippen LogP) is 4.32. The highest BCUT2D eigenvalue weighted by molar-refractivity contribution is 5.87. The SMILES string of the molecule is CC(C)(C)[C@H](NC(=O)OCC1c2ccccc2-c2ccccc21)C(=O)NCC(C(=O)O)C(F)(F)F. The number of alkyl carbamates (subject to hydrolysis) is 1. The van der Waals surface area contributed by atoms with E-state index in [1.54, 1.807) is 20.8 Å². The first-order chi connectivity index (χ1) is 16.3. The summed E-state index contributed by atoms with van der Waals surface area (Å²) in [6.07, 6.45) is -5.94. The molecule has 2 atom stereocenters. The number of halogens is 3. The van der Waals surface area contributed by atoms with Crippen LogP contribution in [0.25, 0.3) is 11.1 Å². The van der Waals surface area contributed by atoms with Gasteiger partial charge in [-0.25, -0.2) is 4.79 Å². The second-order valence-corrected chi connectivity index (χ2v) is 9.45. The molecule has 0 saturated heterocycles. The van der Waals surface area contributed by atoms with Gasteiger partial charge in [0.2, 0.25) is 5.91 Å². The van der Waals surface area contributed by atoms with E-state index < -0.39 is 48.1 Å². The second-order valence-electron chi connectivity index (χ2n) is 9.45. The summed E-state index contributed by atoms with van der Waals surface area (Å²) < 4.78 is 44.1. The van der Waals surface area contributed by atoms with Crippen molar-refractivity contribution in [2.75, 3.05) is 13.2 Å². The molecule has 0 bridgehead atoms. The summed E-state index contributed by atoms with van der Waals surface area (Å²) in [6, 6.07) is 14.2. The molecule has 2 aromatic rings. The predicted molar refractivity (Wildman–Crippen MR) is 122 cm³/mol. The number of benzene rings is 2. The molecule has 0 aliphatic heterocycles. The molecule has 0 fully saturated rings. The Morgan fingerprint density at radius 2 is 1.49 bits per heavy atom. The van der Waals surface area contributed by atoms with Gasteiger partial charge in [0.1, 0.15) is 12.6 Å². The van der Waals surface area contributed by atoms with E-state index >= 15 is 0 Å². The third-order valence-electron chi connectivity index (χ3n) is 5.91. The summed E-state index contributed by atoms with van der Waals surface area (Å²) in [4.78, 5) is 36.2. The van der Waals surface area contributed by atoms with E-state index in [1.807, 2.05) is 53.8 Å². The van der Waals surface area contributed by atoms with Crippen molar-refractivity contribution in [3.8, 4) is 11.1 Å². The third kappa shape index (κ3) is 5.93. The van der Waals surface area contributed by atoms with E-state index in [0.717, 1.165) is 22.3 Å². The van der Waals surface area contributed by atoms with Crippen LogP contribution in [0.3, 0.4) is 0 Å². The fourth-order valence-electron chi connectivity index (χ4n) is 4.08. The highest BCUT2D eigenvalue weighted by Crippen LogP contribution is 2.44. The van der Waals surface area contributed by atoms with Gasteiger partial charge in [-0.1, -0.05) is 69.3 Å². The Morgan fingerprint density at radius 3 is 1.94 bits per heavy atom. The molecule has 0 radical (unpaired) electrons. The van der Waals surface area contributed by atoms with Crippen molar-refractivity contribution < 1.29 is 37.4 Å². The molecule has 3 N–H and O–H groups in total. The Labute approximate surface area is 200 Å². The minimum Gasteiger partial charge on any atom is -0.481 e. The van der Waals surface area contributed by atoms with Crippen molar-refractivity contribution in [2.45, 2.75) is 38.9 Å². The maximum atomic E-state index is 12.9. The van der Waals surface area contributed by atoms with Gasteiger partial charge >= 0.3 is 18.2 Å². The van der Waals surface area contributed by atoms with E-state index in [4.69, 9.17) is 9.84 Å². The molecule has 3 rings (SSSR count). The van der Waals surface area contributed by atoms with E-state index in [2.05, 4.69) is 5.32 Å². The summed E-state index contributed by atoms with van der Waals surface area (Å²) >= 11 is 0. The molecule has 1 unspecified atom stereocenters. The molecule has 0 saturated carbocycles. The van der Waals surface area contributed by atoms with E-state index in [-0.39, 0.29) is 12.5 Å². The summed E-state index contributed by atoms with van der Waals surface area (Å²) in [5, 5.41) is 13.2. The van der Waals surface area contributed by atoms with E-state index in [9.17, 15) is 27.6 Å². The topological polar surface area (TPSA) is 105 Å². The quantitative estimate of drug-likeness (QED) is 0.534. The maximum Gasteiger partial charge on any atom is 0.407 e. The van der Waals surface area contributed by atoms with Crippen molar-refractivity contribution in [1.29, 1.82) is 0 Å². The average molecular weight is 492 g/mol. The summed E-state index contributed by atoms with van der Waals surface area (Å²) in [5.41, 5.74) is 3.19. The minimum atomic E-state index is -5.03. The van der Waals surface area contributed by atoms with Gasteiger partial charge in [0, 0.05) is 12.5 Å². The molecule has 188 valence electrons. The molecular formula is C25H27F3N2O5. The Morgan fingerprint density at radius 1 is 0.971 bits per heavy atom. The molecule has 35 heavy (non-hydrogen) atoms. The zero-order valence-electron chi connectivity index (χ0n) is 19.5. The van der Waals surface area contributed by atoms with Crippen LogP contribution in [0.4, 0.5) is 18.0 Å². The number of carbonyl (C=O) groups is 3. The normalized spacial score (nSPS) is 14.9. The number of carboxylic acid groups (broad SMARTS) is 1. The average Bonchev–Trinajstić information content (AvgIpc) is 3.08. The fraction of sp³-hybridized carbons (Fsp3) is 0.400. The largest absolute Gasteiger partial charge is 0.481 e. The number of hydrogen-bond acceptors (Lipinski definition) is 4. The van der Waals surface area contributed by atoms with Crippen LogP contribution >= 0.6 is 0 Å². The van der Waals surface area contributed by atoms with E-state index in [0.29, 0.717) is 0 Å². The van der Waals surface area contributed by atoms with Crippen LogP contribution in [0.2, 0.25) is 0 Å². The number of nitrogens with one attached hydrogen (secondary N) is 2. The number of rotatable bonds is 7. The molecule has 0 heterocycles. The van der Waals surface area contributed by atoms with Crippen molar-refractivity contribution in [1.82, 2.24) is 10.6 Å². The van der Waals surface area contributed by atoms with Gasteiger partial charge in [0.15, 0.2) is 5.92 Å². The van der Waals surface area contributed by atoms with Crippen LogP contribution in [0.15, 0.2) is 48.5 Å². The highest BCUT2D eigenvalue weighted by atomic mass is 19.4. The van der Waals surface area contributed by atoms with Crippen LogP contribution in [0.1, 0.15) is 37.8 Å². The molecule has 0 aromatic heterocycles. The van der Waals surface area contributed by atoms with Crippen molar-refractivity contribution in [3.05, 3.63) is 59.7 Å². The first kappa shape index (κ1) is 26.1. The number of carbonyl (C=O) groups excluding carboxylic acids is 2. The number of aliphatic carboxylic acids is 1. The standard InChI is InChI=1S/C25H27F3N2O5/c1-24(2,3)20(21(31)29-12-19(22(32)33)25(26,27)28)30-23(34)35-13-18-16-10-6-4-8-14(16)15-9-5-7-11-17(15)18/h4-11,18-20H,12-13H2,1-3H3,(H,29,31)(H,30,34)(H,32,33)/t19?,20-/m1/s1. The number of amides is 2. The monoisotopic (exact) mass is 492 g/mol. The maximum absolute atomic E-state index is 12.9. The lowest BCUT2D eigenvalue weighted by Crippen LogP contribution is -2.55. The smallest absolute Gasteiger partial charge is 0.407 e. The molecule has 7 nitrogen and oxygen atoms in total. The molecule has 1 aliphatic rings. The Kier molecular flexibility index (Phi) is 7.42. The Bertz CT molecular complexity index is 1070. The second kappa shape index (κ2) is 9.97. The molecule has 0 spiro atoms. The summed E-state index contributed by atoms with van der Waals surface area (Å²) in [5.74, 6) is -6.02. The number of alkyl halides is 3. The number of ether oxygens (including phenoxy) is 1. The Hall–Kier alpha value is -3.56. The molecule has 1 aliphatic carbocycles. The van der Waals surface area contributed by atoms with Crippen molar-refractivity contribution in [3.63, 3.8) is 0 Å². The van der Waals surface area contributed by atoms with Crippen LogP contribution in [-0.2, 0) is 14.3 Å². The number of fused-ring (bicyclic) bond motifs is 3. The zero-order valence-corrected chi connectivity index (χ0v) is 19.5. The van der Waals surface area contributed by atoms with Crippen molar-refractivity contribution in [2.24, 2.45) is 11.3 Å². The van der Waals surface area contributed by atoms with Gasteiger partial charge in [-0.15, -0.1) is 0 Å². The van der Waals surface area contributed by atoms with Crippen LogP contribution < -0.4 is 10.6 Å². The molecule has 2 aromatic carbocycles. The van der Waals surface area contributed by atoms with Crippen LogP contribution in [-0.4, -0.2) is 48.4 Å². The molecular weight excluding hydrogens is 465 g/mol. The number of carboxylic acids is 1. The fourth-order valence-corrected chi connectivity index (χ4v) is 4.08. The van der Waals surface area contributed by atoms with Crippen LogP contribution in [0.5, 0.6) is 0 Å². The van der Waals surface area contributed by atoms with Gasteiger partial charge < -0.3 is 20.5 Å². The third-order valence-corrected chi connectivity index (χ3v) is 5.91. The van der Waals surface area contributed by atoms with Gasteiger partial charge in [0.25, 0.3) is 0 Å². The van der Waals surface area contributed by atoms with Crippen LogP contribution in [0, 0.1) is 11.3 Å². The van der Waals surface area contributed by atoms with Gasteiger partial charge in [0.05, 0.1) is 0 Å².